The summed E-state index contributed by atoms with van der Waals surface area (Å²) < 4.78 is 5.30. The molecule has 0 aromatic heterocycles. The van der Waals surface area contributed by atoms with Gasteiger partial charge in [0.1, 0.15) is 0 Å². The van der Waals surface area contributed by atoms with Crippen LogP contribution in [-0.4, -0.2) is 26.8 Å². The lowest BCUT2D eigenvalue weighted by Gasteiger charge is -2.19. The minimum Gasteiger partial charge on any atom is -0.384 e. The number of benzene rings is 1. The van der Waals surface area contributed by atoms with Crippen molar-refractivity contribution in [3.63, 3.8) is 0 Å². The predicted molar refractivity (Wildman–Crippen MR) is 69.0 cm³/mol. The number of methoxy groups -OCH3 is 1. The summed E-state index contributed by atoms with van der Waals surface area (Å²) in [7, 11) is 1.77. The molecule has 1 rings (SSSR count). The van der Waals surface area contributed by atoms with E-state index in [4.69, 9.17) is 4.74 Å². The van der Waals surface area contributed by atoms with Crippen molar-refractivity contribution in [2.24, 2.45) is 0 Å². The van der Waals surface area contributed by atoms with Crippen LogP contribution < -0.4 is 5.32 Å². The van der Waals surface area contributed by atoms with Crippen LogP contribution in [0.5, 0.6) is 0 Å². The van der Waals surface area contributed by atoms with Gasteiger partial charge in [0.15, 0.2) is 0 Å². The van der Waals surface area contributed by atoms with E-state index >= 15 is 0 Å². The predicted octanol–water partition coefficient (Wildman–Crippen LogP) is 2.72. The third-order valence-electron chi connectivity index (χ3n) is 2.81. The molecule has 0 aliphatic heterocycles. The van der Waals surface area contributed by atoms with Crippen molar-refractivity contribution < 1.29 is 4.74 Å². The van der Waals surface area contributed by atoms with Crippen molar-refractivity contribution in [3.8, 4) is 0 Å². The largest absolute Gasteiger partial charge is 0.384 e. The normalized spacial score (nSPS) is 12.7. The molecule has 0 amide bonds. The Kier molecular flexibility index (Phi) is 6.12. The molecule has 1 N–H and O–H groups in total. The first kappa shape index (κ1) is 13.2. The number of aryl methyl sites for hydroxylation is 1. The van der Waals surface area contributed by atoms with E-state index in [9.17, 15) is 0 Å². The third-order valence-corrected chi connectivity index (χ3v) is 2.81. The highest BCUT2D eigenvalue weighted by molar-refractivity contribution is 5.29. The van der Waals surface area contributed by atoms with Gasteiger partial charge in [-0.1, -0.05) is 31.2 Å². The standard InChI is InChI=1S/C14H23NO/c1-4-9-15-10-13(11-16-3)14-8-6-5-7-12(14)2/h5-8,13,15H,4,9-11H2,1-3H3. The van der Waals surface area contributed by atoms with Crippen LogP contribution in [0.15, 0.2) is 24.3 Å². The quantitative estimate of drug-likeness (QED) is 0.715. The minimum absolute atomic E-state index is 0.456. The number of hydrogen-bond donors (Lipinski definition) is 1. The average Bonchev–Trinajstić information content (AvgIpc) is 2.29. The van der Waals surface area contributed by atoms with Crippen LogP contribution in [0, 0.1) is 6.92 Å². The zero-order valence-electron chi connectivity index (χ0n) is 10.6. The molecule has 1 atom stereocenters. The maximum atomic E-state index is 5.30. The lowest BCUT2D eigenvalue weighted by atomic mass is 9.95. The van der Waals surface area contributed by atoms with Crippen molar-refractivity contribution >= 4 is 0 Å². The first-order valence-electron chi connectivity index (χ1n) is 6.04. The summed E-state index contributed by atoms with van der Waals surface area (Å²) in [5.41, 5.74) is 2.75. The van der Waals surface area contributed by atoms with E-state index in [1.54, 1.807) is 7.11 Å². The van der Waals surface area contributed by atoms with Crippen LogP contribution >= 0.6 is 0 Å². The molecule has 1 unspecified atom stereocenters. The Hall–Kier alpha value is -0.860. The van der Waals surface area contributed by atoms with E-state index < -0.39 is 0 Å². The van der Waals surface area contributed by atoms with Crippen LogP contribution in [0.1, 0.15) is 30.4 Å². The molecule has 0 heterocycles. The average molecular weight is 221 g/mol. The van der Waals surface area contributed by atoms with Crippen LogP contribution in [0.2, 0.25) is 0 Å². The highest BCUT2D eigenvalue weighted by atomic mass is 16.5. The second-order valence-electron chi connectivity index (χ2n) is 4.21. The fourth-order valence-electron chi connectivity index (χ4n) is 1.96. The Morgan fingerprint density at radius 2 is 2.06 bits per heavy atom. The molecule has 90 valence electrons. The van der Waals surface area contributed by atoms with Crippen LogP contribution in [0.4, 0.5) is 0 Å². The van der Waals surface area contributed by atoms with Crippen molar-refractivity contribution in [1.29, 1.82) is 0 Å². The smallest absolute Gasteiger partial charge is 0.0543 e. The molecule has 0 radical (unpaired) electrons. The van der Waals surface area contributed by atoms with Gasteiger partial charge in [-0.25, -0.2) is 0 Å². The molecule has 2 heteroatoms. The summed E-state index contributed by atoms with van der Waals surface area (Å²) in [6.07, 6.45) is 1.17. The SMILES string of the molecule is CCCNCC(COC)c1ccccc1C. The van der Waals surface area contributed by atoms with Crippen molar-refractivity contribution in [3.05, 3.63) is 35.4 Å². The van der Waals surface area contributed by atoms with Gasteiger partial charge in [0.25, 0.3) is 0 Å². The maximum Gasteiger partial charge on any atom is 0.0543 e. The topological polar surface area (TPSA) is 21.3 Å². The molecule has 1 aromatic carbocycles. The second-order valence-corrected chi connectivity index (χ2v) is 4.21. The van der Waals surface area contributed by atoms with E-state index in [0.717, 1.165) is 19.7 Å². The molecule has 0 aliphatic rings. The van der Waals surface area contributed by atoms with Gasteiger partial charge >= 0.3 is 0 Å². The molecule has 1 aromatic rings. The van der Waals surface area contributed by atoms with Crippen molar-refractivity contribution in [2.75, 3.05) is 26.8 Å². The molecular formula is C14H23NO. The summed E-state index contributed by atoms with van der Waals surface area (Å²) in [6.45, 7) is 7.20. The molecule has 16 heavy (non-hydrogen) atoms. The number of rotatable bonds is 7. The molecule has 0 bridgehead atoms. The fourth-order valence-corrected chi connectivity index (χ4v) is 1.96. The van der Waals surface area contributed by atoms with Gasteiger partial charge < -0.3 is 10.1 Å². The monoisotopic (exact) mass is 221 g/mol. The van der Waals surface area contributed by atoms with Gasteiger partial charge in [0, 0.05) is 19.6 Å². The van der Waals surface area contributed by atoms with Crippen molar-refractivity contribution in [1.82, 2.24) is 5.32 Å². The summed E-state index contributed by atoms with van der Waals surface area (Å²) >= 11 is 0. The molecule has 0 fully saturated rings. The summed E-state index contributed by atoms with van der Waals surface area (Å²) in [6, 6.07) is 8.55. The fraction of sp³-hybridized carbons (Fsp3) is 0.571. The van der Waals surface area contributed by atoms with Crippen LogP contribution in [0.25, 0.3) is 0 Å². The Morgan fingerprint density at radius 1 is 1.31 bits per heavy atom. The maximum absolute atomic E-state index is 5.30. The van der Waals surface area contributed by atoms with Crippen molar-refractivity contribution in [2.45, 2.75) is 26.2 Å². The van der Waals surface area contributed by atoms with Gasteiger partial charge in [-0.15, -0.1) is 0 Å². The summed E-state index contributed by atoms with van der Waals surface area (Å²) in [4.78, 5) is 0. The van der Waals surface area contributed by atoms with E-state index in [0.29, 0.717) is 5.92 Å². The van der Waals surface area contributed by atoms with Gasteiger partial charge in [0.05, 0.1) is 6.61 Å². The lowest BCUT2D eigenvalue weighted by Crippen LogP contribution is -2.25. The molecule has 0 saturated heterocycles. The Morgan fingerprint density at radius 3 is 2.69 bits per heavy atom. The molecule has 2 nitrogen and oxygen atoms in total. The van der Waals surface area contributed by atoms with E-state index in [-0.39, 0.29) is 0 Å². The third kappa shape index (κ3) is 3.95. The highest BCUT2D eigenvalue weighted by Crippen LogP contribution is 2.19. The van der Waals surface area contributed by atoms with E-state index in [1.165, 1.54) is 17.5 Å². The molecular weight excluding hydrogens is 198 g/mol. The zero-order valence-corrected chi connectivity index (χ0v) is 10.6. The number of ether oxygens (including phenoxy) is 1. The van der Waals surface area contributed by atoms with E-state index in [2.05, 4.69) is 43.4 Å². The highest BCUT2D eigenvalue weighted by Gasteiger charge is 2.12. The Bertz CT molecular complexity index is 299. The number of hydrogen-bond acceptors (Lipinski definition) is 2. The Labute approximate surface area is 99.0 Å². The van der Waals surface area contributed by atoms with Crippen LogP contribution in [-0.2, 0) is 4.74 Å². The molecule has 0 aliphatic carbocycles. The molecule has 0 saturated carbocycles. The number of nitrogens with one attached hydrogen (secondary N) is 1. The first-order chi connectivity index (χ1) is 7.79. The van der Waals surface area contributed by atoms with Crippen LogP contribution in [0.3, 0.4) is 0 Å². The zero-order chi connectivity index (χ0) is 11.8. The minimum atomic E-state index is 0.456. The Balaban J connectivity index is 2.65. The first-order valence-corrected chi connectivity index (χ1v) is 6.04. The lowest BCUT2D eigenvalue weighted by molar-refractivity contribution is 0.177. The second kappa shape index (κ2) is 7.42. The molecule has 0 spiro atoms. The van der Waals surface area contributed by atoms with E-state index in [1.807, 2.05) is 0 Å². The summed E-state index contributed by atoms with van der Waals surface area (Å²) in [5.74, 6) is 0.456. The van der Waals surface area contributed by atoms with Gasteiger partial charge in [0.2, 0.25) is 0 Å². The summed E-state index contributed by atoms with van der Waals surface area (Å²) in [5, 5.41) is 3.47. The van der Waals surface area contributed by atoms with Gasteiger partial charge in [-0.2, -0.15) is 0 Å². The van der Waals surface area contributed by atoms with Gasteiger partial charge in [-0.3, -0.25) is 0 Å². The van der Waals surface area contributed by atoms with Gasteiger partial charge in [-0.05, 0) is 31.0 Å².